The minimum absolute atomic E-state index is 0.0108. The third-order valence-corrected chi connectivity index (χ3v) is 10.7. The molecule has 6 heteroatoms. The van der Waals surface area contributed by atoms with Gasteiger partial charge in [-0.2, -0.15) is 0 Å². The van der Waals surface area contributed by atoms with Crippen molar-refractivity contribution in [3.8, 4) is 0 Å². The topological polar surface area (TPSA) is 55.8 Å². The summed E-state index contributed by atoms with van der Waals surface area (Å²) in [7, 11) is -1.86. The third kappa shape index (κ3) is 4.70. The molecule has 0 saturated heterocycles. The number of amides is 1. The van der Waals surface area contributed by atoms with Crippen molar-refractivity contribution in [3.05, 3.63) is 24.5 Å². The molecule has 1 saturated carbocycles. The maximum atomic E-state index is 13.0. The highest BCUT2D eigenvalue weighted by atomic mass is 28.4. The Balaban J connectivity index is 3.00. The first kappa shape index (κ1) is 24.5. The molecule has 2 atom stereocenters. The average Bonchev–Trinajstić information content (AvgIpc) is 3.22. The standard InChI is InChI=1S/C22H39NO4Si/c1-10-23(11-2)18(24)21(7)17-22(21,19(25)26-12-3)15-13-14-16-27-28(8,9)20(4,5)6/h13-16H,10-12,17H2,1-9H3/b15-13+,16-14+/t21-,22+/m1/s1. The molecule has 0 unspecified atom stereocenters. The number of esters is 1. The van der Waals surface area contributed by atoms with Crippen LogP contribution in [0.5, 0.6) is 0 Å². The first-order valence-electron chi connectivity index (χ1n) is 10.3. The van der Waals surface area contributed by atoms with Gasteiger partial charge in [0, 0.05) is 13.1 Å². The zero-order valence-corrected chi connectivity index (χ0v) is 20.2. The van der Waals surface area contributed by atoms with Gasteiger partial charge in [-0.05, 0) is 58.3 Å². The van der Waals surface area contributed by atoms with Gasteiger partial charge in [0.25, 0.3) is 0 Å². The molecule has 160 valence electrons. The van der Waals surface area contributed by atoms with Crippen molar-refractivity contribution in [1.82, 2.24) is 4.90 Å². The lowest BCUT2D eigenvalue weighted by Gasteiger charge is -2.34. The van der Waals surface area contributed by atoms with Gasteiger partial charge >= 0.3 is 5.97 Å². The van der Waals surface area contributed by atoms with Crippen LogP contribution < -0.4 is 0 Å². The predicted octanol–water partition coefficient (Wildman–Crippen LogP) is 4.91. The van der Waals surface area contributed by atoms with Gasteiger partial charge in [0.05, 0.1) is 18.3 Å². The van der Waals surface area contributed by atoms with Crippen LogP contribution in [-0.2, 0) is 18.8 Å². The van der Waals surface area contributed by atoms with E-state index < -0.39 is 19.1 Å². The van der Waals surface area contributed by atoms with Crippen molar-refractivity contribution in [2.24, 2.45) is 10.8 Å². The van der Waals surface area contributed by atoms with Crippen molar-refractivity contribution in [1.29, 1.82) is 0 Å². The molecule has 1 aliphatic carbocycles. The maximum absolute atomic E-state index is 13.0. The number of nitrogens with zero attached hydrogens (tertiary/aromatic N) is 1. The maximum Gasteiger partial charge on any atom is 0.317 e. The Morgan fingerprint density at radius 1 is 1.11 bits per heavy atom. The van der Waals surface area contributed by atoms with E-state index in [0.29, 0.717) is 26.1 Å². The molecule has 0 heterocycles. The van der Waals surface area contributed by atoms with Crippen molar-refractivity contribution >= 4 is 20.2 Å². The van der Waals surface area contributed by atoms with E-state index in [1.165, 1.54) is 0 Å². The molecule has 5 nitrogen and oxygen atoms in total. The number of ether oxygens (including phenoxy) is 1. The Bertz CT molecular complexity index is 631. The van der Waals surface area contributed by atoms with Crippen LogP contribution in [0.15, 0.2) is 24.5 Å². The average molecular weight is 410 g/mol. The highest BCUT2D eigenvalue weighted by Gasteiger charge is 2.73. The van der Waals surface area contributed by atoms with E-state index in [-0.39, 0.29) is 16.9 Å². The molecule has 1 rings (SSSR count). The van der Waals surface area contributed by atoms with Crippen LogP contribution in [0.3, 0.4) is 0 Å². The molecule has 0 radical (unpaired) electrons. The lowest BCUT2D eigenvalue weighted by Crippen LogP contribution is -2.40. The van der Waals surface area contributed by atoms with Crippen LogP contribution >= 0.6 is 0 Å². The van der Waals surface area contributed by atoms with Gasteiger partial charge in [-0.3, -0.25) is 9.59 Å². The van der Waals surface area contributed by atoms with E-state index in [4.69, 9.17) is 9.16 Å². The summed E-state index contributed by atoms with van der Waals surface area (Å²) in [4.78, 5) is 27.5. The predicted molar refractivity (Wildman–Crippen MR) is 116 cm³/mol. The van der Waals surface area contributed by atoms with E-state index in [1.54, 1.807) is 18.1 Å². The smallest absolute Gasteiger partial charge is 0.317 e. The van der Waals surface area contributed by atoms with Crippen LogP contribution in [0.25, 0.3) is 0 Å². The fraction of sp³-hybridized carbons (Fsp3) is 0.727. The van der Waals surface area contributed by atoms with Crippen LogP contribution in [0.1, 0.15) is 54.9 Å². The van der Waals surface area contributed by atoms with Crippen molar-refractivity contribution in [2.45, 2.75) is 73.0 Å². The molecule has 1 amide bonds. The van der Waals surface area contributed by atoms with E-state index >= 15 is 0 Å². The zero-order valence-electron chi connectivity index (χ0n) is 19.2. The molecular formula is C22H39NO4Si. The number of carbonyl (C=O) groups is 2. The van der Waals surface area contributed by atoms with Gasteiger partial charge in [-0.25, -0.2) is 0 Å². The van der Waals surface area contributed by atoms with Crippen molar-refractivity contribution in [3.63, 3.8) is 0 Å². The summed E-state index contributed by atoms with van der Waals surface area (Å²) in [6, 6.07) is 0. The van der Waals surface area contributed by atoms with Gasteiger partial charge in [-0.15, -0.1) is 0 Å². The molecule has 0 aromatic rings. The number of rotatable bonds is 9. The number of allylic oxidation sites excluding steroid dienone is 2. The van der Waals surface area contributed by atoms with Crippen LogP contribution in [0.2, 0.25) is 18.1 Å². The monoisotopic (exact) mass is 409 g/mol. The Morgan fingerprint density at radius 2 is 1.68 bits per heavy atom. The first-order chi connectivity index (χ1) is 12.8. The Hall–Kier alpha value is -1.56. The number of carbonyl (C=O) groups excluding carboxylic acids is 2. The summed E-state index contributed by atoms with van der Waals surface area (Å²) in [6.07, 6.45) is 7.62. The molecular weight excluding hydrogens is 370 g/mol. The fourth-order valence-corrected chi connectivity index (χ4v) is 3.93. The van der Waals surface area contributed by atoms with Gasteiger partial charge in [0.1, 0.15) is 5.41 Å². The molecule has 1 aliphatic rings. The van der Waals surface area contributed by atoms with Gasteiger partial charge in [0.2, 0.25) is 14.2 Å². The molecule has 0 aliphatic heterocycles. The summed E-state index contributed by atoms with van der Waals surface area (Å²) in [6.45, 7) is 20.1. The fourth-order valence-electron chi connectivity index (χ4n) is 3.16. The zero-order chi connectivity index (χ0) is 21.8. The van der Waals surface area contributed by atoms with Gasteiger partial charge in [-0.1, -0.05) is 32.9 Å². The van der Waals surface area contributed by atoms with E-state index in [0.717, 1.165) is 0 Å². The third-order valence-electron chi connectivity index (χ3n) is 6.39. The largest absolute Gasteiger partial charge is 0.549 e. The molecule has 0 aromatic heterocycles. The highest BCUT2D eigenvalue weighted by Crippen LogP contribution is 2.66. The molecule has 28 heavy (non-hydrogen) atoms. The summed E-state index contributed by atoms with van der Waals surface area (Å²) < 4.78 is 11.3. The molecule has 1 fully saturated rings. The summed E-state index contributed by atoms with van der Waals surface area (Å²) in [5.41, 5.74) is -1.65. The van der Waals surface area contributed by atoms with Crippen LogP contribution in [0, 0.1) is 10.8 Å². The molecule has 0 spiro atoms. The normalized spacial score (nSPS) is 25.2. The summed E-state index contributed by atoms with van der Waals surface area (Å²) >= 11 is 0. The minimum Gasteiger partial charge on any atom is -0.549 e. The van der Waals surface area contributed by atoms with Crippen LogP contribution in [0.4, 0.5) is 0 Å². The van der Waals surface area contributed by atoms with Gasteiger partial charge < -0.3 is 14.1 Å². The number of hydrogen-bond acceptors (Lipinski definition) is 4. The molecule has 0 aromatic carbocycles. The van der Waals surface area contributed by atoms with E-state index in [9.17, 15) is 9.59 Å². The van der Waals surface area contributed by atoms with E-state index in [1.807, 2.05) is 39.0 Å². The summed E-state index contributed by atoms with van der Waals surface area (Å²) in [5.74, 6) is -0.315. The minimum atomic E-state index is -1.86. The van der Waals surface area contributed by atoms with Crippen molar-refractivity contribution in [2.75, 3.05) is 19.7 Å². The lowest BCUT2D eigenvalue weighted by atomic mass is 9.92. The van der Waals surface area contributed by atoms with E-state index in [2.05, 4.69) is 33.9 Å². The summed E-state index contributed by atoms with van der Waals surface area (Å²) in [5, 5.41) is 0.123. The second-order valence-corrected chi connectivity index (χ2v) is 14.0. The van der Waals surface area contributed by atoms with Crippen LogP contribution in [-0.4, -0.2) is 44.8 Å². The SMILES string of the molecule is CCOC(=O)[C@]1(/C=C/C=C/O[Si](C)(C)C(C)(C)C)C[C@]1(C)C(=O)N(CC)CC. The Kier molecular flexibility index (Phi) is 7.73. The highest BCUT2D eigenvalue weighted by molar-refractivity contribution is 6.74. The van der Waals surface area contributed by atoms with Crippen molar-refractivity contribution < 1.29 is 18.8 Å². The molecule has 0 bridgehead atoms. The lowest BCUT2D eigenvalue weighted by molar-refractivity contribution is -0.152. The second-order valence-electron chi connectivity index (χ2n) is 9.24. The Morgan fingerprint density at radius 3 is 2.14 bits per heavy atom. The molecule has 0 N–H and O–H groups in total. The number of hydrogen-bond donors (Lipinski definition) is 0. The Labute approximate surface area is 172 Å². The first-order valence-corrected chi connectivity index (χ1v) is 13.2. The van der Waals surface area contributed by atoms with Gasteiger partial charge in [0.15, 0.2) is 0 Å². The quantitative estimate of drug-likeness (QED) is 0.235. The second kappa shape index (κ2) is 8.85.